The zero-order chi connectivity index (χ0) is 13.2. The van der Waals surface area contributed by atoms with Crippen LogP contribution in [0.1, 0.15) is 11.4 Å². The van der Waals surface area contributed by atoms with Crippen molar-refractivity contribution in [2.45, 2.75) is 19.1 Å². The predicted octanol–water partition coefficient (Wildman–Crippen LogP) is 1.25. The largest absolute Gasteiger partial charge is 0.503 e. The fourth-order valence-electron chi connectivity index (χ4n) is 1.42. The Morgan fingerprint density at radius 3 is 2.47 bits per heavy atom. The van der Waals surface area contributed by atoms with E-state index in [1.165, 1.54) is 0 Å². The fourth-order valence-corrected chi connectivity index (χ4v) is 1.42. The molecule has 1 heterocycles. The third-order valence-electron chi connectivity index (χ3n) is 2.00. The molecular weight excluding hydrogens is 237 g/mol. The van der Waals surface area contributed by atoms with Gasteiger partial charge in [0.2, 0.25) is 5.43 Å². The highest BCUT2D eigenvalue weighted by molar-refractivity contribution is 5.28. The molecule has 1 rings (SSSR count). The van der Waals surface area contributed by atoms with E-state index in [9.17, 15) is 23.1 Å². The first-order chi connectivity index (χ1) is 7.69. The van der Waals surface area contributed by atoms with E-state index in [-0.39, 0.29) is 0 Å². The van der Waals surface area contributed by atoms with E-state index >= 15 is 0 Å². The minimum absolute atomic E-state index is 0.292. The first-order valence-electron chi connectivity index (χ1n) is 4.84. The van der Waals surface area contributed by atoms with Gasteiger partial charge in [-0.2, -0.15) is 13.2 Å². The second-order valence-corrected chi connectivity index (χ2v) is 4.02. The lowest BCUT2D eigenvalue weighted by Crippen LogP contribution is -2.19. The summed E-state index contributed by atoms with van der Waals surface area (Å²) in [5.41, 5.74) is -0.973. The van der Waals surface area contributed by atoms with Crippen LogP contribution in [0.2, 0.25) is 0 Å². The Hall–Kier alpha value is -1.50. The van der Waals surface area contributed by atoms with Crippen molar-refractivity contribution >= 4 is 0 Å². The van der Waals surface area contributed by atoms with Gasteiger partial charge in [-0.1, -0.05) is 0 Å². The summed E-state index contributed by atoms with van der Waals surface area (Å²) in [4.78, 5) is 15.4. The van der Waals surface area contributed by atoms with Crippen molar-refractivity contribution in [2.75, 3.05) is 14.1 Å². The van der Waals surface area contributed by atoms with Gasteiger partial charge in [0.05, 0.1) is 12.1 Å². The maximum atomic E-state index is 12.2. The molecule has 0 unspecified atom stereocenters. The van der Waals surface area contributed by atoms with Crippen LogP contribution in [0.25, 0.3) is 0 Å². The van der Waals surface area contributed by atoms with Gasteiger partial charge in [0.25, 0.3) is 0 Å². The number of hydrogen-bond acceptors (Lipinski definition) is 3. The smallest absolute Gasteiger partial charge is 0.394 e. The Balaban J connectivity index is 3.11. The first kappa shape index (κ1) is 13.6. The molecule has 0 aliphatic rings. The quantitative estimate of drug-likeness (QED) is 0.848. The first-order valence-corrected chi connectivity index (χ1v) is 4.84. The molecule has 0 amide bonds. The molecule has 4 nitrogen and oxygen atoms in total. The van der Waals surface area contributed by atoms with Crippen LogP contribution in [-0.2, 0) is 13.0 Å². The summed E-state index contributed by atoms with van der Waals surface area (Å²) in [5.74, 6) is -0.871. The Morgan fingerprint density at radius 2 is 2.00 bits per heavy atom. The van der Waals surface area contributed by atoms with Crippen LogP contribution in [0.5, 0.6) is 5.75 Å². The summed E-state index contributed by atoms with van der Waals surface area (Å²) in [6.45, 7) is 0.292. The number of aromatic amines is 1. The van der Waals surface area contributed by atoms with Crippen LogP contribution in [0.15, 0.2) is 10.9 Å². The molecule has 96 valence electrons. The Labute approximate surface area is 95.7 Å². The number of aromatic hydroxyl groups is 1. The van der Waals surface area contributed by atoms with Gasteiger partial charge in [0, 0.05) is 18.3 Å². The van der Waals surface area contributed by atoms with E-state index in [4.69, 9.17) is 0 Å². The number of nitrogens with zero attached hydrogens (tertiary/aromatic N) is 1. The minimum atomic E-state index is -4.48. The molecule has 0 aliphatic carbocycles. The van der Waals surface area contributed by atoms with Crippen molar-refractivity contribution in [2.24, 2.45) is 0 Å². The molecule has 1 aromatic heterocycles. The third kappa shape index (κ3) is 4.10. The molecule has 0 aromatic carbocycles. The zero-order valence-electron chi connectivity index (χ0n) is 9.43. The van der Waals surface area contributed by atoms with E-state index < -0.39 is 29.5 Å². The SMILES string of the molecule is CN(C)Cc1cc(=O)c(O)c(CC(F)(F)F)[nH]1. The van der Waals surface area contributed by atoms with E-state index in [1.807, 2.05) is 0 Å². The molecule has 7 heteroatoms. The maximum absolute atomic E-state index is 12.2. The van der Waals surface area contributed by atoms with Crippen molar-refractivity contribution in [3.63, 3.8) is 0 Å². The minimum Gasteiger partial charge on any atom is -0.503 e. The average Bonchev–Trinajstić information content (AvgIpc) is 2.09. The van der Waals surface area contributed by atoms with E-state index in [0.717, 1.165) is 6.07 Å². The van der Waals surface area contributed by atoms with E-state index in [0.29, 0.717) is 12.2 Å². The molecule has 1 aromatic rings. The molecule has 0 atom stereocenters. The third-order valence-corrected chi connectivity index (χ3v) is 2.00. The molecule has 0 bridgehead atoms. The molecule has 0 saturated carbocycles. The Bertz CT molecular complexity index is 452. The number of halogens is 3. The second kappa shape index (κ2) is 4.79. The number of alkyl halides is 3. The number of aromatic nitrogens is 1. The van der Waals surface area contributed by atoms with Crippen LogP contribution in [0.3, 0.4) is 0 Å². The monoisotopic (exact) mass is 250 g/mol. The van der Waals surface area contributed by atoms with Gasteiger partial charge in [-0.3, -0.25) is 4.79 Å². The van der Waals surface area contributed by atoms with E-state index in [1.54, 1.807) is 19.0 Å². The van der Waals surface area contributed by atoms with Crippen LogP contribution >= 0.6 is 0 Å². The van der Waals surface area contributed by atoms with Gasteiger partial charge in [0.1, 0.15) is 0 Å². The molecule has 0 radical (unpaired) electrons. The normalized spacial score (nSPS) is 12.1. The number of pyridine rings is 1. The Morgan fingerprint density at radius 1 is 1.41 bits per heavy atom. The molecule has 2 N–H and O–H groups in total. The number of hydrogen-bond donors (Lipinski definition) is 2. The zero-order valence-corrected chi connectivity index (χ0v) is 9.43. The molecule has 17 heavy (non-hydrogen) atoms. The van der Waals surface area contributed by atoms with Crippen molar-refractivity contribution in [1.82, 2.24) is 9.88 Å². The van der Waals surface area contributed by atoms with E-state index in [2.05, 4.69) is 4.98 Å². The lowest BCUT2D eigenvalue weighted by atomic mass is 10.2. The number of nitrogens with one attached hydrogen (secondary N) is 1. The second-order valence-electron chi connectivity index (χ2n) is 4.02. The van der Waals surface area contributed by atoms with Gasteiger partial charge in [-0.15, -0.1) is 0 Å². The highest BCUT2D eigenvalue weighted by Crippen LogP contribution is 2.23. The van der Waals surface area contributed by atoms with Crippen LogP contribution in [0.4, 0.5) is 13.2 Å². The summed E-state index contributed by atoms with van der Waals surface area (Å²) >= 11 is 0. The average molecular weight is 250 g/mol. The summed E-state index contributed by atoms with van der Waals surface area (Å²) in [5, 5.41) is 9.26. The van der Waals surface area contributed by atoms with Gasteiger partial charge in [0.15, 0.2) is 5.75 Å². The molecule has 0 fully saturated rings. The predicted molar refractivity (Wildman–Crippen MR) is 55.9 cm³/mol. The highest BCUT2D eigenvalue weighted by Gasteiger charge is 2.30. The molecule has 0 spiro atoms. The van der Waals surface area contributed by atoms with Crippen LogP contribution in [-0.4, -0.2) is 35.3 Å². The molecular formula is C10H13F3N2O2. The van der Waals surface area contributed by atoms with Crippen LogP contribution in [0, 0.1) is 0 Å². The Kier molecular flexibility index (Phi) is 3.82. The number of rotatable bonds is 3. The standard InChI is InChI=1S/C10H13F3N2O2/c1-15(2)5-6-3-8(16)9(17)7(14-6)4-10(11,12)13/h3,17H,4-5H2,1-2H3,(H,14,16). The summed E-state index contributed by atoms with van der Waals surface area (Å²) in [6, 6.07) is 1.09. The van der Waals surface area contributed by atoms with Gasteiger partial charge in [-0.05, 0) is 14.1 Å². The number of H-pyrrole nitrogens is 1. The maximum Gasteiger partial charge on any atom is 0.394 e. The van der Waals surface area contributed by atoms with Crippen molar-refractivity contribution in [3.8, 4) is 5.75 Å². The van der Waals surface area contributed by atoms with Crippen molar-refractivity contribution in [3.05, 3.63) is 27.7 Å². The summed E-state index contributed by atoms with van der Waals surface area (Å²) in [7, 11) is 3.43. The molecule has 0 saturated heterocycles. The lowest BCUT2D eigenvalue weighted by Gasteiger charge is -2.13. The fraction of sp³-hybridized carbons (Fsp3) is 0.500. The van der Waals surface area contributed by atoms with Gasteiger partial charge in [-0.25, -0.2) is 0 Å². The van der Waals surface area contributed by atoms with Gasteiger partial charge < -0.3 is 15.0 Å². The van der Waals surface area contributed by atoms with Crippen molar-refractivity contribution in [1.29, 1.82) is 0 Å². The summed E-state index contributed by atoms with van der Waals surface area (Å²) in [6.07, 6.45) is -5.83. The van der Waals surface area contributed by atoms with Crippen molar-refractivity contribution < 1.29 is 18.3 Å². The molecule has 0 aliphatic heterocycles. The highest BCUT2D eigenvalue weighted by atomic mass is 19.4. The van der Waals surface area contributed by atoms with Gasteiger partial charge >= 0.3 is 6.18 Å². The van der Waals surface area contributed by atoms with Crippen LogP contribution < -0.4 is 5.43 Å². The summed E-state index contributed by atoms with van der Waals surface area (Å²) < 4.78 is 36.6. The lowest BCUT2D eigenvalue weighted by molar-refractivity contribution is -0.128. The topological polar surface area (TPSA) is 56.3 Å².